The molecule has 0 aromatic heterocycles. The molecule has 2 N–H and O–H groups in total. The summed E-state index contributed by atoms with van der Waals surface area (Å²) in [6.45, 7) is 4.70. The summed E-state index contributed by atoms with van der Waals surface area (Å²) < 4.78 is 26.5. The van der Waals surface area contributed by atoms with E-state index < -0.39 is 23.1 Å². The molecule has 1 aromatic carbocycles. The van der Waals surface area contributed by atoms with Crippen molar-refractivity contribution in [3.63, 3.8) is 0 Å². The van der Waals surface area contributed by atoms with Crippen LogP contribution in [0.15, 0.2) is 18.2 Å². The number of carbonyl (C=O) groups is 1. The largest absolute Gasteiger partial charge is 0.335 e. The van der Waals surface area contributed by atoms with Crippen molar-refractivity contribution in [1.82, 2.24) is 4.90 Å². The first-order chi connectivity index (χ1) is 8.33. The van der Waals surface area contributed by atoms with E-state index in [1.165, 1.54) is 4.90 Å². The number of hydrogen-bond acceptors (Lipinski definition) is 2. The number of benzene rings is 1. The number of likely N-dealkylation sites (tertiary alicyclic amines) is 1. The quantitative estimate of drug-likeness (QED) is 0.874. The number of halogens is 2. The summed E-state index contributed by atoms with van der Waals surface area (Å²) in [5.41, 5.74) is 5.41. The van der Waals surface area contributed by atoms with Gasteiger partial charge in [0.05, 0.1) is 11.1 Å². The first-order valence-electron chi connectivity index (χ1n) is 5.87. The zero-order valence-corrected chi connectivity index (χ0v) is 10.4. The Bertz CT molecular complexity index is 482. The Hall–Kier alpha value is -1.49. The van der Waals surface area contributed by atoms with Gasteiger partial charge in [0.15, 0.2) is 0 Å². The van der Waals surface area contributed by atoms with Crippen LogP contribution >= 0.6 is 0 Å². The second-order valence-electron chi connectivity index (χ2n) is 5.17. The average Bonchev–Trinajstić information content (AvgIpc) is 2.27. The van der Waals surface area contributed by atoms with Gasteiger partial charge in [-0.3, -0.25) is 4.79 Å². The van der Waals surface area contributed by atoms with Crippen molar-refractivity contribution in [2.75, 3.05) is 13.1 Å². The van der Waals surface area contributed by atoms with Crippen LogP contribution in [0.3, 0.4) is 0 Å². The number of nitrogens with zero attached hydrogens (tertiary/aromatic N) is 1. The lowest BCUT2D eigenvalue weighted by Crippen LogP contribution is -2.71. The van der Waals surface area contributed by atoms with Crippen LogP contribution in [0.5, 0.6) is 0 Å². The van der Waals surface area contributed by atoms with Gasteiger partial charge in [0.1, 0.15) is 11.6 Å². The van der Waals surface area contributed by atoms with Crippen molar-refractivity contribution in [2.45, 2.75) is 19.4 Å². The molecule has 98 valence electrons. The fourth-order valence-corrected chi connectivity index (χ4v) is 2.00. The standard InChI is InChI=1S/C13H16F2N2O/c1-8(2)13(16)6-17(7-13)12(18)10-5-9(14)3-4-11(10)15/h3-5,8H,6-7,16H2,1-2H3. The Kier molecular flexibility index (Phi) is 3.11. The van der Waals surface area contributed by atoms with Crippen molar-refractivity contribution in [1.29, 1.82) is 0 Å². The summed E-state index contributed by atoms with van der Waals surface area (Å²) in [4.78, 5) is 13.4. The van der Waals surface area contributed by atoms with E-state index in [1.54, 1.807) is 0 Å². The minimum atomic E-state index is -0.708. The number of hydrogen-bond donors (Lipinski definition) is 1. The van der Waals surface area contributed by atoms with Crippen LogP contribution in [0.1, 0.15) is 24.2 Å². The molecule has 0 atom stereocenters. The van der Waals surface area contributed by atoms with Gasteiger partial charge in [-0.1, -0.05) is 13.8 Å². The molecule has 1 heterocycles. The Balaban J connectivity index is 2.13. The third kappa shape index (κ3) is 2.10. The fraction of sp³-hybridized carbons (Fsp3) is 0.462. The van der Waals surface area contributed by atoms with Crippen LogP contribution < -0.4 is 5.73 Å². The predicted molar refractivity (Wildman–Crippen MR) is 64.0 cm³/mol. The van der Waals surface area contributed by atoms with Crippen molar-refractivity contribution in [3.8, 4) is 0 Å². The van der Waals surface area contributed by atoms with Crippen LogP contribution in [0.2, 0.25) is 0 Å². The molecule has 1 saturated heterocycles. The molecular weight excluding hydrogens is 238 g/mol. The average molecular weight is 254 g/mol. The highest BCUT2D eigenvalue weighted by atomic mass is 19.1. The van der Waals surface area contributed by atoms with E-state index in [1.807, 2.05) is 13.8 Å². The molecule has 2 rings (SSSR count). The van der Waals surface area contributed by atoms with Gasteiger partial charge in [-0.15, -0.1) is 0 Å². The minimum Gasteiger partial charge on any atom is -0.335 e. The van der Waals surface area contributed by atoms with Crippen LogP contribution in [0.25, 0.3) is 0 Å². The summed E-state index contributed by atoms with van der Waals surface area (Å²) in [6.07, 6.45) is 0. The minimum absolute atomic E-state index is 0.235. The van der Waals surface area contributed by atoms with E-state index in [2.05, 4.69) is 0 Å². The molecule has 1 fully saturated rings. The SMILES string of the molecule is CC(C)C1(N)CN(C(=O)c2cc(F)ccc2F)C1. The molecule has 0 radical (unpaired) electrons. The van der Waals surface area contributed by atoms with Crippen LogP contribution in [0.4, 0.5) is 8.78 Å². The van der Waals surface area contributed by atoms with Crippen molar-refractivity contribution in [2.24, 2.45) is 11.7 Å². The summed E-state index contributed by atoms with van der Waals surface area (Å²) in [6, 6.07) is 2.87. The maximum Gasteiger partial charge on any atom is 0.257 e. The molecule has 0 spiro atoms. The van der Waals surface area contributed by atoms with Crippen molar-refractivity contribution in [3.05, 3.63) is 35.4 Å². The first-order valence-corrected chi connectivity index (χ1v) is 5.87. The summed E-state index contributed by atoms with van der Waals surface area (Å²) in [5.74, 6) is -1.60. The lowest BCUT2D eigenvalue weighted by Gasteiger charge is -2.50. The summed E-state index contributed by atoms with van der Waals surface area (Å²) >= 11 is 0. The van der Waals surface area contributed by atoms with E-state index >= 15 is 0 Å². The molecule has 18 heavy (non-hydrogen) atoms. The topological polar surface area (TPSA) is 46.3 Å². The van der Waals surface area contributed by atoms with Gasteiger partial charge in [0.25, 0.3) is 5.91 Å². The zero-order valence-electron chi connectivity index (χ0n) is 10.4. The molecular formula is C13H16F2N2O. The van der Waals surface area contributed by atoms with Gasteiger partial charge >= 0.3 is 0 Å². The maximum absolute atomic E-state index is 13.4. The second-order valence-corrected chi connectivity index (χ2v) is 5.17. The number of rotatable bonds is 2. The normalized spacial score (nSPS) is 17.8. The highest BCUT2D eigenvalue weighted by molar-refractivity contribution is 5.95. The van der Waals surface area contributed by atoms with E-state index in [-0.39, 0.29) is 11.5 Å². The van der Waals surface area contributed by atoms with E-state index in [0.717, 1.165) is 18.2 Å². The predicted octanol–water partition coefficient (Wildman–Crippen LogP) is 1.77. The van der Waals surface area contributed by atoms with Crippen LogP contribution in [0, 0.1) is 17.6 Å². The van der Waals surface area contributed by atoms with Crippen molar-refractivity contribution < 1.29 is 13.6 Å². The summed E-state index contributed by atoms with van der Waals surface area (Å²) in [5, 5.41) is 0. The van der Waals surface area contributed by atoms with Gasteiger partial charge in [0, 0.05) is 13.1 Å². The maximum atomic E-state index is 13.4. The molecule has 5 heteroatoms. The third-order valence-corrected chi connectivity index (χ3v) is 3.57. The molecule has 3 nitrogen and oxygen atoms in total. The smallest absolute Gasteiger partial charge is 0.257 e. The van der Waals surface area contributed by atoms with Crippen molar-refractivity contribution >= 4 is 5.91 Å². The van der Waals surface area contributed by atoms with E-state index in [0.29, 0.717) is 13.1 Å². The first kappa shape index (κ1) is 13.0. The van der Waals surface area contributed by atoms with Gasteiger partial charge in [-0.05, 0) is 24.1 Å². The Morgan fingerprint density at radius 2 is 2.00 bits per heavy atom. The number of nitrogens with two attached hydrogens (primary N) is 1. The molecule has 1 aromatic rings. The summed E-state index contributed by atoms with van der Waals surface area (Å²) in [7, 11) is 0. The third-order valence-electron chi connectivity index (χ3n) is 3.57. The van der Waals surface area contributed by atoms with Crippen LogP contribution in [-0.2, 0) is 0 Å². The monoisotopic (exact) mass is 254 g/mol. The molecule has 0 aliphatic carbocycles. The van der Waals surface area contributed by atoms with E-state index in [9.17, 15) is 13.6 Å². The molecule has 0 bridgehead atoms. The zero-order chi connectivity index (χ0) is 13.5. The molecule has 0 unspecified atom stereocenters. The Morgan fingerprint density at radius 3 is 2.56 bits per heavy atom. The van der Waals surface area contributed by atoms with Gasteiger partial charge in [0.2, 0.25) is 0 Å². The van der Waals surface area contributed by atoms with Gasteiger partial charge in [-0.25, -0.2) is 8.78 Å². The molecule has 1 aliphatic heterocycles. The van der Waals surface area contributed by atoms with Gasteiger partial charge < -0.3 is 10.6 Å². The highest BCUT2D eigenvalue weighted by Gasteiger charge is 2.44. The Morgan fingerprint density at radius 1 is 1.39 bits per heavy atom. The van der Waals surface area contributed by atoms with Gasteiger partial charge in [-0.2, -0.15) is 0 Å². The lowest BCUT2D eigenvalue weighted by atomic mass is 9.80. The van der Waals surface area contributed by atoms with E-state index in [4.69, 9.17) is 5.73 Å². The van der Waals surface area contributed by atoms with Crippen LogP contribution in [-0.4, -0.2) is 29.4 Å². The second kappa shape index (κ2) is 4.31. The molecule has 1 aliphatic rings. The fourth-order valence-electron chi connectivity index (χ4n) is 2.00. The molecule has 1 amide bonds. The number of carbonyl (C=O) groups excluding carboxylic acids is 1. The molecule has 0 saturated carbocycles. The number of amides is 1. The Labute approximate surface area is 105 Å². The lowest BCUT2D eigenvalue weighted by molar-refractivity contribution is 0.0270. The highest BCUT2D eigenvalue weighted by Crippen LogP contribution is 2.28.